The van der Waals surface area contributed by atoms with Gasteiger partial charge in [0.15, 0.2) is 11.6 Å². The van der Waals surface area contributed by atoms with Crippen molar-refractivity contribution in [1.29, 1.82) is 0 Å². The highest BCUT2D eigenvalue weighted by molar-refractivity contribution is 5.71. The Morgan fingerprint density at radius 2 is 2.13 bits per heavy atom. The quantitative estimate of drug-likeness (QED) is 0.711. The van der Waals surface area contributed by atoms with Crippen LogP contribution < -0.4 is 10.2 Å². The van der Waals surface area contributed by atoms with Crippen molar-refractivity contribution in [2.24, 2.45) is 0 Å². The molecule has 15 heavy (non-hydrogen) atoms. The topological polar surface area (TPSA) is 15.3 Å². The zero-order valence-corrected chi connectivity index (χ0v) is 8.85. The molecule has 2 nitrogen and oxygen atoms in total. The van der Waals surface area contributed by atoms with Crippen LogP contribution in [0.1, 0.15) is 13.3 Å². The number of nitrogens with one attached hydrogen (secondary N) is 1. The number of anilines is 2. The zero-order valence-electron chi connectivity index (χ0n) is 8.85. The van der Waals surface area contributed by atoms with E-state index in [1.165, 1.54) is 0 Å². The molecule has 0 fully saturated rings. The summed E-state index contributed by atoms with van der Waals surface area (Å²) in [6.45, 7) is 2.78. The van der Waals surface area contributed by atoms with Crippen molar-refractivity contribution >= 4 is 11.4 Å². The minimum Gasteiger partial charge on any atom is -0.383 e. The second-order valence-electron chi connectivity index (χ2n) is 3.93. The fourth-order valence-electron chi connectivity index (χ4n) is 1.86. The molecule has 1 aliphatic heterocycles. The van der Waals surface area contributed by atoms with Crippen molar-refractivity contribution in [3.63, 3.8) is 0 Å². The van der Waals surface area contributed by atoms with Gasteiger partial charge < -0.3 is 10.2 Å². The Morgan fingerprint density at radius 3 is 2.87 bits per heavy atom. The average molecular weight is 212 g/mol. The molecule has 82 valence electrons. The molecule has 0 saturated carbocycles. The van der Waals surface area contributed by atoms with Gasteiger partial charge in [0.05, 0.1) is 11.4 Å². The molecule has 1 N–H and O–H groups in total. The number of hydrogen-bond acceptors (Lipinski definition) is 2. The van der Waals surface area contributed by atoms with Gasteiger partial charge in [0.1, 0.15) is 0 Å². The van der Waals surface area contributed by atoms with Crippen LogP contribution in [-0.4, -0.2) is 19.6 Å². The maximum absolute atomic E-state index is 13.6. The number of rotatable bonds is 0. The smallest absolute Gasteiger partial charge is 0.184 e. The van der Waals surface area contributed by atoms with Crippen molar-refractivity contribution in [1.82, 2.24) is 0 Å². The van der Waals surface area contributed by atoms with E-state index in [0.717, 1.165) is 19.0 Å². The normalized spacial score (nSPS) is 20.5. The Morgan fingerprint density at radius 1 is 1.40 bits per heavy atom. The molecule has 1 heterocycles. The van der Waals surface area contributed by atoms with Crippen LogP contribution in [0.15, 0.2) is 12.1 Å². The van der Waals surface area contributed by atoms with Gasteiger partial charge in [-0.15, -0.1) is 0 Å². The number of fused-ring (bicyclic) bond motifs is 1. The molecule has 0 amide bonds. The van der Waals surface area contributed by atoms with E-state index in [9.17, 15) is 8.78 Å². The van der Waals surface area contributed by atoms with E-state index in [2.05, 4.69) is 5.32 Å². The summed E-state index contributed by atoms with van der Waals surface area (Å²) >= 11 is 0. The minimum absolute atomic E-state index is 0.204. The van der Waals surface area contributed by atoms with Crippen LogP contribution in [0, 0.1) is 11.6 Å². The van der Waals surface area contributed by atoms with Crippen molar-refractivity contribution in [2.75, 3.05) is 23.8 Å². The number of hydrogen-bond donors (Lipinski definition) is 1. The zero-order chi connectivity index (χ0) is 11.0. The first kappa shape index (κ1) is 10.2. The van der Waals surface area contributed by atoms with Gasteiger partial charge >= 0.3 is 0 Å². The molecule has 1 atom stereocenters. The third-order valence-corrected chi connectivity index (χ3v) is 2.96. The van der Waals surface area contributed by atoms with E-state index in [-0.39, 0.29) is 6.04 Å². The lowest BCUT2D eigenvalue weighted by molar-refractivity contribution is 0.505. The predicted octanol–water partition coefficient (Wildman–Crippen LogP) is 2.61. The summed E-state index contributed by atoms with van der Waals surface area (Å²) < 4.78 is 26.7. The van der Waals surface area contributed by atoms with E-state index in [1.807, 2.05) is 6.92 Å². The van der Waals surface area contributed by atoms with Gasteiger partial charge in [0.2, 0.25) is 0 Å². The van der Waals surface area contributed by atoms with Gasteiger partial charge in [-0.2, -0.15) is 0 Å². The fourth-order valence-corrected chi connectivity index (χ4v) is 1.86. The largest absolute Gasteiger partial charge is 0.383 e. The van der Waals surface area contributed by atoms with Crippen LogP contribution in [0.2, 0.25) is 0 Å². The third-order valence-electron chi connectivity index (χ3n) is 2.96. The summed E-state index contributed by atoms with van der Waals surface area (Å²) in [6.07, 6.45) is 0.909. The van der Waals surface area contributed by atoms with Crippen LogP contribution in [0.5, 0.6) is 0 Å². The summed E-state index contributed by atoms with van der Waals surface area (Å²) in [7, 11) is 1.79. The second kappa shape index (κ2) is 3.68. The highest BCUT2D eigenvalue weighted by Crippen LogP contribution is 2.33. The predicted molar refractivity (Wildman–Crippen MR) is 57.3 cm³/mol. The molecular formula is C11H14F2N2. The van der Waals surface area contributed by atoms with Crippen LogP contribution in [0.3, 0.4) is 0 Å². The molecule has 0 saturated heterocycles. The Hall–Kier alpha value is -1.32. The first-order valence-corrected chi connectivity index (χ1v) is 5.06. The summed E-state index contributed by atoms with van der Waals surface area (Å²) in [5.41, 5.74) is 1.00. The highest BCUT2D eigenvalue weighted by Gasteiger charge is 2.23. The van der Waals surface area contributed by atoms with Gasteiger partial charge in [-0.25, -0.2) is 8.78 Å². The molecule has 1 aliphatic rings. The molecule has 2 rings (SSSR count). The van der Waals surface area contributed by atoms with E-state index < -0.39 is 11.6 Å². The van der Waals surface area contributed by atoms with Crippen molar-refractivity contribution in [3.8, 4) is 0 Å². The number of benzene rings is 1. The molecule has 0 spiro atoms. The van der Waals surface area contributed by atoms with Crippen molar-refractivity contribution in [3.05, 3.63) is 23.8 Å². The standard InChI is InChI=1S/C11H14F2N2/c1-7-5-6-14-9-4-3-8(12)10(13)11(9)15(7)2/h3-4,7,14H,5-6H2,1-2H3. The van der Waals surface area contributed by atoms with Crippen LogP contribution in [0.25, 0.3) is 0 Å². The Balaban J connectivity index is 2.55. The van der Waals surface area contributed by atoms with E-state index >= 15 is 0 Å². The van der Waals surface area contributed by atoms with Gasteiger partial charge in [0.25, 0.3) is 0 Å². The van der Waals surface area contributed by atoms with E-state index in [4.69, 9.17) is 0 Å². The SMILES string of the molecule is CC1CCNc2ccc(F)c(F)c2N1C. The molecule has 1 aromatic rings. The summed E-state index contributed by atoms with van der Waals surface area (Å²) in [5.74, 6) is -1.56. The van der Waals surface area contributed by atoms with Crippen molar-refractivity contribution < 1.29 is 8.78 Å². The average Bonchev–Trinajstić information content (AvgIpc) is 2.35. The maximum atomic E-state index is 13.6. The lowest BCUT2D eigenvalue weighted by Crippen LogP contribution is -2.29. The second-order valence-corrected chi connectivity index (χ2v) is 3.93. The highest BCUT2D eigenvalue weighted by atomic mass is 19.2. The molecule has 1 unspecified atom stereocenters. The fraction of sp³-hybridized carbons (Fsp3) is 0.455. The van der Waals surface area contributed by atoms with Crippen LogP contribution in [0.4, 0.5) is 20.2 Å². The van der Waals surface area contributed by atoms with Gasteiger partial charge in [-0.3, -0.25) is 0 Å². The molecule has 0 aliphatic carbocycles. The van der Waals surface area contributed by atoms with Gasteiger partial charge in [-0.05, 0) is 25.5 Å². The lowest BCUT2D eigenvalue weighted by atomic mass is 10.2. The molecule has 0 bridgehead atoms. The Bertz CT molecular complexity index is 379. The minimum atomic E-state index is -0.795. The van der Waals surface area contributed by atoms with Crippen LogP contribution in [-0.2, 0) is 0 Å². The third kappa shape index (κ3) is 1.64. The first-order chi connectivity index (χ1) is 7.11. The summed E-state index contributed by atoms with van der Waals surface area (Å²) in [6, 6.07) is 2.95. The molecule has 0 aromatic heterocycles. The first-order valence-electron chi connectivity index (χ1n) is 5.06. The Labute approximate surface area is 87.9 Å². The van der Waals surface area contributed by atoms with E-state index in [0.29, 0.717) is 11.4 Å². The van der Waals surface area contributed by atoms with E-state index in [1.54, 1.807) is 18.0 Å². The number of nitrogens with zero attached hydrogens (tertiary/aromatic N) is 1. The van der Waals surface area contributed by atoms with Crippen LogP contribution >= 0.6 is 0 Å². The molecule has 0 radical (unpaired) electrons. The van der Waals surface area contributed by atoms with Crippen molar-refractivity contribution in [2.45, 2.75) is 19.4 Å². The summed E-state index contributed by atoms with van der Waals surface area (Å²) in [5, 5.41) is 3.11. The van der Waals surface area contributed by atoms with Gasteiger partial charge in [0, 0.05) is 19.6 Å². The monoisotopic (exact) mass is 212 g/mol. The summed E-state index contributed by atoms with van der Waals surface area (Å²) in [4.78, 5) is 1.79. The Kier molecular flexibility index (Phi) is 2.50. The lowest BCUT2D eigenvalue weighted by Gasteiger charge is -2.25. The molecule has 1 aromatic carbocycles. The molecule has 4 heteroatoms. The molecular weight excluding hydrogens is 198 g/mol. The number of halogens is 2. The maximum Gasteiger partial charge on any atom is 0.184 e. The van der Waals surface area contributed by atoms with Gasteiger partial charge in [-0.1, -0.05) is 0 Å².